The quantitative estimate of drug-likeness (QED) is 0.805. The number of pyridine rings is 1. The van der Waals surface area contributed by atoms with Crippen LogP contribution in [0, 0.1) is 12.8 Å². The molecule has 1 atom stereocenters. The van der Waals surface area contributed by atoms with Gasteiger partial charge in [-0.3, -0.25) is 4.79 Å². The van der Waals surface area contributed by atoms with Gasteiger partial charge in [-0.25, -0.2) is 4.98 Å². The zero-order chi connectivity index (χ0) is 11.4. The van der Waals surface area contributed by atoms with Crippen LogP contribution in [0.4, 0.5) is 5.69 Å². The molecule has 1 unspecified atom stereocenters. The summed E-state index contributed by atoms with van der Waals surface area (Å²) in [6.45, 7) is 5.73. The maximum absolute atomic E-state index is 11.6. The molecule has 0 fully saturated rings. The Hall–Kier alpha value is -1.09. The first-order chi connectivity index (χ1) is 7.04. The van der Waals surface area contributed by atoms with Crippen molar-refractivity contribution in [2.75, 3.05) is 5.32 Å². The standard InChI is InChI=1S/C11H15ClN2O/c1-4-7(2)11(15)14-9-5-8(3)10(12)13-6-9/h5-7H,4H2,1-3H3,(H,14,15). The van der Waals surface area contributed by atoms with Gasteiger partial charge < -0.3 is 5.32 Å². The molecule has 1 N–H and O–H groups in total. The number of hydrogen-bond acceptors (Lipinski definition) is 2. The molecule has 0 aliphatic rings. The minimum atomic E-state index is 0.0148. The van der Waals surface area contributed by atoms with Gasteiger partial charge >= 0.3 is 0 Å². The molecule has 0 aliphatic heterocycles. The first-order valence-electron chi connectivity index (χ1n) is 4.97. The highest BCUT2D eigenvalue weighted by Gasteiger charge is 2.10. The molecule has 15 heavy (non-hydrogen) atoms. The SMILES string of the molecule is CCC(C)C(=O)Nc1cnc(Cl)c(C)c1. The van der Waals surface area contributed by atoms with Crippen LogP contribution in [0.1, 0.15) is 25.8 Å². The Morgan fingerprint density at radius 2 is 2.33 bits per heavy atom. The Morgan fingerprint density at radius 1 is 1.67 bits per heavy atom. The lowest BCUT2D eigenvalue weighted by Crippen LogP contribution is -2.19. The van der Waals surface area contributed by atoms with Crippen molar-refractivity contribution in [3.05, 3.63) is 23.0 Å². The zero-order valence-corrected chi connectivity index (χ0v) is 9.93. The van der Waals surface area contributed by atoms with E-state index in [1.807, 2.05) is 26.8 Å². The molecule has 0 saturated heterocycles. The van der Waals surface area contributed by atoms with Gasteiger partial charge in [-0.1, -0.05) is 25.4 Å². The van der Waals surface area contributed by atoms with Crippen LogP contribution in [-0.2, 0) is 4.79 Å². The first kappa shape index (κ1) is 12.0. The fourth-order valence-electron chi connectivity index (χ4n) is 1.08. The second-order valence-electron chi connectivity index (χ2n) is 3.63. The van der Waals surface area contributed by atoms with Crippen LogP contribution >= 0.6 is 11.6 Å². The number of anilines is 1. The number of aryl methyl sites for hydroxylation is 1. The number of rotatable bonds is 3. The number of halogens is 1. The summed E-state index contributed by atoms with van der Waals surface area (Å²) in [6, 6.07) is 1.82. The maximum atomic E-state index is 11.6. The van der Waals surface area contributed by atoms with Gasteiger partial charge in [0.15, 0.2) is 0 Å². The topological polar surface area (TPSA) is 42.0 Å². The van der Waals surface area contributed by atoms with Crippen molar-refractivity contribution in [3.63, 3.8) is 0 Å². The van der Waals surface area contributed by atoms with Crippen LogP contribution in [0.25, 0.3) is 0 Å². The Bertz CT molecular complexity index is 366. The van der Waals surface area contributed by atoms with Crippen LogP contribution in [0.3, 0.4) is 0 Å². The van der Waals surface area contributed by atoms with Crippen LogP contribution in [0.2, 0.25) is 5.15 Å². The van der Waals surface area contributed by atoms with E-state index in [1.54, 1.807) is 6.20 Å². The Kier molecular flexibility index (Phi) is 4.09. The summed E-state index contributed by atoms with van der Waals surface area (Å²) < 4.78 is 0. The van der Waals surface area contributed by atoms with E-state index in [0.717, 1.165) is 12.0 Å². The fourth-order valence-corrected chi connectivity index (χ4v) is 1.18. The van der Waals surface area contributed by atoms with Gasteiger partial charge in [-0.15, -0.1) is 0 Å². The number of carbonyl (C=O) groups excluding carboxylic acids is 1. The summed E-state index contributed by atoms with van der Waals surface area (Å²) in [7, 11) is 0. The van der Waals surface area contributed by atoms with Crippen molar-refractivity contribution < 1.29 is 4.79 Å². The number of carbonyl (C=O) groups is 1. The minimum absolute atomic E-state index is 0.0148. The lowest BCUT2D eigenvalue weighted by Gasteiger charge is -2.10. The molecular formula is C11H15ClN2O. The van der Waals surface area contributed by atoms with Gasteiger partial charge in [0, 0.05) is 5.92 Å². The molecule has 0 spiro atoms. The van der Waals surface area contributed by atoms with E-state index in [9.17, 15) is 4.79 Å². The zero-order valence-electron chi connectivity index (χ0n) is 9.17. The second-order valence-corrected chi connectivity index (χ2v) is 3.99. The summed E-state index contributed by atoms with van der Waals surface area (Å²) in [5.41, 5.74) is 1.56. The third-order valence-corrected chi connectivity index (χ3v) is 2.74. The van der Waals surface area contributed by atoms with Crippen molar-refractivity contribution in [3.8, 4) is 0 Å². The first-order valence-corrected chi connectivity index (χ1v) is 5.35. The number of amides is 1. The smallest absolute Gasteiger partial charge is 0.227 e. The lowest BCUT2D eigenvalue weighted by molar-refractivity contribution is -0.119. The van der Waals surface area contributed by atoms with Gasteiger partial charge in [0.2, 0.25) is 5.91 Å². The number of aromatic nitrogens is 1. The molecule has 4 heteroatoms. The molecule has 0 radical (unpaired) electrons. The van der Waals surface area contributed by atoms with Gasteiger partial charge in [0.25, 0.3) is 0 Å². The summed E-state index contributed by atoms with van der Waals surface area (Å²) in [5.74, 6) is 0.0296. The molecule has 3 nitrogen and oxygen atoms in total. The lowest BCUT2D eigenvalue weighted by atomic mass is 10.1. The normalized spacial score (nSPS) is 12.3. The molecule has 1 heterocycles. The van der Waals surface area contributed by atoms with Crippen molar-refractivity contribution >= 4 is 23.2 Å². The van der Waals surface area contributed by atoms with E-state index in [-0.39, 0.29) is 11.8 Å². The number of hydrogen-bond donors (Lipinski definition) is 1. The predicted octanol–water partition coefficient (Wildman–Crippen LogP) is 3.03. The van der Waals surface area contributed by atoms with Crippen LogP contribution in [-0.4, -0.2) is 10.9 Å². The predicted molar refractivity (Wildman–Crippen MR) is 62.1 cm³/mol. The average molecular weight is 227 g/mol. The van der Waals surface area contributed by atoms with E-state index in [4.69, 9.17) is 11.6 Å². The van der Waals surface area contributed by atoms with Gasteiger partial charge in [0.1, 0.15) is 5.15 Å². The van der Waals surface area contributed by atoms with Crippen LogP contribution < -0.4 is 5.32 Å². The van der Waals surface area contributed by atoms with Crippen molar-refractivity contribution in [2.45, 2.75) is 27.2 Å². The van der Waals surface area contributed by atoms with Crippen LogP contribution in [0.5, 0.6) is 0 Å². The molecule has 0 saturated carbocycles. The van der Waals surface area contributed by atoms with E-state index in [1.165, 1.54) is 0 Å². The molecule has 82 valence electrons. The van der Waals surface area contributed by atoms with Gasteiger partial charge in [-0.2, -0.15) is 0 Å². The molecule has 0 aliphatic carbocycles. The van der Waals surface area contributed by atoms with Crippen molar-refractivity contribution in [2.24, 2.45) is 5.92 Å². The largest absolute Gasteiger partial charge is 0.324 e. The number of nitrogens with one attached hydrogen (secondary N) is 1. The van der Waals surface area contributed by atoms with Crippen molar-refractivity contribution in [1.82, 2.24) is 4.98 Å². The van der Waals surface area contributed by atoms with E-state index in [0.29, 0.717) is 10.8 Å². The molecule has 0 aromatic carbocycles. The van der Waals surface area contributed by atoms with E-state index in [2.05, 4.69) is 10.3 Å². The number of nitrogens with zero attached hydrogens (tertiary/aromatic N) is 1. The van der Waals surface area contributed by atoms with E-state index < -0.39 is 0 Å². The molecule has 0 bridgehead atoms. The maximum Gasteiger partial charge on any atom is 0.227 e. The highest BCUT2D eigenvalue weighted by Crippen LogP contribution is 2.16. The monoisotopic (exact) mass is 226 g/mol. The fraction of sp³-hybridized carbons (Fsp3) is 0.455. The van der Waals surface area contributed by atoms with Crippen molar-refractivity contribution in [1.29, 1.82) is 0 Å². The molecule has 1 aromatic rings. The van der Waals surface area contributed by atoms with Gasteiger partial charge in [0.05, 0.1) is 11.9 Å². The highest BCUT2D eigenvalue weighted by atomic mass is 35.5. The molecular weight excluding hydrogens is 212 g/mol. The minimum Gasteiger partial charge on any atom is -0.324 e. The Balaban J connectivity index is 2.73. The highest BCUT2D eigenvalue weighted by molar-refractivity contribution is 6.30. The molecule has 1 rings (SSSR count). The Labute approximate surface area is 94.9 Å². The molecule has 1 amide bonds. The molecule has 1 aromatic heterocycles. The Morgan fingerprint density at radius 3 is 2.87 bits per heavy atom. The summed E-state index contributed by atoms with van der Waals surface area (Å²) in [4.78, 5) is 15.5. The summed E-state index contributed by atoms with van der Waals surface area (Å²) >= 11 is 5.78. The third kappa shape index (κ3) is 3.20. The summed E-state index contributed by atoms with van der Waals surface area (Å²) in [6.07, 6.45) is 2.39. The van der Waals surface area contributed by atoms with Crippen LogP contribution in [0.15, 0.2) is 12.3 Å². The average Bonchev–Trinajstić information content (AvgIpc) is 2.22. The second kappa shape index (κ2) is 5.12. The third-order valence-electron chi connectivity index (χ3n) is 2.34. The summed E-state index contributed by atoms with van der Waals surface area (Å²) in [5, 5.41) is 3.27. The van der Waals surface area contributed by atoms with Gasteiger partial charge in [-0.05, 0) is 25.0 Å². The van der Waals surface area contributed by atoms with E-state index >= 15 is 0 Å².